The van der Waals surface area contributed by atoms with Gasteiger partial charge in [-0.2, -0.15) is 0 Å². The minimum absolute atomic E-state index is 0.0815. The van der Waals surface area contributed by atoms with E-state index in [9.17, 15) is 14.9 Å². The number of anilines is 2. The summed E-state index contributed by atoms with van der Waals surface area (Å²) < 4.78 is 0. The Morgan fingerprint density at radius 1 is 1.04 bits per heavy atom. The number of nitrogens with one attached hydrogen (secondary N) is 1. The van der Waals surface area contributed by atoms with Crippen LogP contribution < -0.4 is 10.2 Å². The molecule has 0 aliphatic carbocycles. The van der Waals surface area contributed by atoms with Crippen molar-refractivity contribution in [1.82, 2.24) is 4.90 Å². The number of carbonyl (C=O) groups is 1. The van der Waals surface area contributed by atoms with Gasteiger partial charge >= 0.3 is 0 Å². The number of rotatable bonds is 4. The highest BCUT2D eigenvalue weighted by molar-refractivity contribution is 6.42. The third kappa shape index (κ3) is 4.50. The van der Waals surface area contributed by atoms with Crippen LogP contribution in [0.25, 0.3) is 0 Å². The van der Waals surface area contributed by atoms with Crippen LogP contribution in [0, 0.1) is 10.1 Å². The van der Waals surface area contributed by atoms with Crippen LogP contribution in [0.2, 0.25) is 15.1 Å². The SMILES string of the molecule is CN1CCN(c2cc(NC(=O)c3ccc(Cl)c(Cl)c3)c(Cl)cc2[N+](=O)[O-])CC1. The first-order chi connectivity index (χ1) is 13.3. The molecule has 3 rings (SSSR count). The topological polar surface area (TPSA) is 78.7 Å². The number of halogens is 3. The molecule has 2 aromatic rings. The molecule has 1 amide bonds. The summed E-state index contributed by atoms with van der Waals surface area (Å²) in [5.74, 6) is -0.446. The molecule has 28 heavy (non-hydrogen) atoms. The number of nitrogens with zero attached hydrogens (tertiary/aromatic N) is 3. The lowest BCUT2D eigenvalue weighted by Crippen LogP contribution is -2.44. The van der Waals surface area contributed by atoms with Gasteiger partial charge in [0, 0.05) is 37.8 Å². The molecule has 0 bridgehead atoms. The summed E-state index contributed by atoms with van der Waals surface area (Å²) in [6, 6.07) is 7.30. The monoisotopic (exact) mass is 442 g/mol. The molecule has 0 radical (unpaired) electrons. The van der Waals surface area contributed by atoms with Gasteiger partial charge in [0.15, 0.2) is 0 Å². The first kappa shape index (κ1) is 20.7. The molecule has 10 heteroatoms. The van der Waals surface area contributed by atoms with Crippen LogP contribution in [0.15, 0.2) is 30.3 Å². The molecule has 1 N–H and O–H groups in total. The Balaban J connectivity index is 1.92. The predicted molar refractivity (Wildman–Crippen MR) is 112 cm³/mol. The summed E-state index contributed by atoms with van der Waals surface area (Å²) in [4.78, 5) is 27.7. The van der Waals surface area contributed by atoms with Gasteiger partial charge < -0.3 is 15.1 Å². The molecule has 1 heterocycles. The molecule has 0 aromatic heterocycles. The molecule has 1 saturated heterocycles. The van der Waals surface area contributed by atoms with Crippen LogP contribution in [0.3, 0.4) is 0 Å². The van der Waals surface area contributed by atoms with E-state index in [-0.39, 0.29) is 21.4 Å². The molecule has 1 fully saturated rings. The second kappa shape index (κ2) is 8.53. The highest BCUT2D eigenvalue weighted by Gasteiger charge is 2.25. The van der Waals surface area contributed by atoms with Gasteiger partial charge in [-0.15, -0.1) is 0 Å². The lowest BCUT2D eigenvalue weighted by atomic mass is 10.1. The predicted octanol–water partition coefficient (Wildman–Crippen LogP) is 4.56. The number of amides is 1. The molecule has 7 nitrogen and oxygen atoms in total. The third-order valence-electron chi connectivity index (χ3n) is 4.53. The maximum Gasteiger partial charge on any atom is 0.294 e. The Hall–Kier alpha value is -2.06. The molecule has 1 aliphatic rings. The van der Waals surface area contributed by atoms with Crippen LogP contribution in [-0.4, -0.2) is 49.0 Å². The molecular weight excluding hydrogens is 427 g/mol. The maximum absolute atomic E-state index is 12.6. The Morgan fingerprint density at radius 3 is 2.32 bits per heavy atom. The van der Waals surface area contributed by atoms with Crippen molar-refractivity contribution in [2.24, 2.45) is 0 Å². The number of nitro groups is 1. The first-order valence-corrected chi connectivity index (χ1v) is 9.57. The largest absolute Gasteiger partial charge is 0.363 e. The van der Waals surface area contributed by atoms with Crippen molar-refractivity contribution in [2.75, 3.05) is 43.4 Å². The quantitative estimate of drug-likeness (QED) is 0.553. The number of hydrogen-bond donors (Lipinski definition) is 1. The van der Waals surface area contributed by atoms with Crippen LogP contribution in [0.5, 0.6) is 0 Å². The van der Waals surface area contributed by atoms with E-state index in [2.05, 4.69) is 10.2 Å². The minimum Gasteiger partial charge on any atom is -0.363 e. The van der Waals surface area contributed by atoms with Crippen molar-refractivity contribution in [3.05, 3.63) is 61.1 Å². The fraction of sp³-hybridized carbons (Fsp3) is 0.278. The van der Waals surface area contributed by atoms with Crippen molar-refractivity contribution in [3.63, 3.8) is 0 Å². The molecule has 148 valence electrons. The zero-order valence-corrected chi connectivity index (χ0v) is 17.2. The zero-order chi connectivity index (χ0) is 20.4. The number of benzene rings is 2. The molecule has 2 aromatic carbocycles. The summed E-state index contributed by atoms with van der Waals surface area (Å²) >= 11 is 18.0. The average molecular weight is 444 g/mol. The van der Waals surface area contributed by atoms with E-state index < -0.39 is 10.8 Å². The minimum atomic E-state index is -0.468. The van der Waals surface area contributed by atoms with E-state index in [1.54, 1.807) is 6.07 Å². The summed E-state index contributed by atoms with van der Waals surface area (Å²) in [6.07, 6.45) is 0. The number of likely N-dealkylation sites (N-methyl/N-ethyl adjacent to an activating group) is 1. The highest BCUT2D eigenvalue weighted by Crippen LogP contribution is 2.37. The number of hydrogen-bond acceptors (Lipinski definition) is 5. The van der Waals surface area contributed by atoms with Crippen molar-refractivity contribution in [2.45, 2.75) is 0 Å². The van der Waals surface area contributed by atoms with Crippen LogP contribution in [0.1, 0.15) is 10.4 Å². The van der Waals surface area contributed by atoms with E-state index in [0.29, 0.717) is 29.4 Å². The smallest absolute Gasteiger partial charge is 0.294 e. The summed E-state index contributed by atoms with van der Waals surface area (Å²) in [7, 11) is 2.00. The Labute approximate surface area is 176 Å². The van der Waals surface area contributed by atoms with E-state index in [1.807, 2.05) is 11.9 Å². The number of nitro benzene ring substituents is 1. The Bertz CT molecular complexity index is 931. The van der Waals surface area contributed by atoms with E-state index >= 15 is 0 Å². The van der Waals surface area contributed by atoms with Gasteiger partial charge in [0.1, 0.15) is 5.69 Å². The third-order valence-corrected chi connectivity index (χ3v) is 5.59. The lowest BCUT2D eigenvalue weighted by molar-refractivity contribution is -0.384. The second-order valence-corrected chi connectivity index (χ2v) is 7.67. The van der Waals surface area contributed by atoms with Gasteiger partial charge in [-0.3, -0.25) is 14.9 Å². The summed E-state index contributed by atoms with van der Waals surface area (Å²) in [5, 5.41) is 14.9. The molecule has 1 aliphatic heterocycles. The van der Waals surface area contributed by atoms with Gasteiger partial charge in [-0.1, -0.05) is 34.8 Å². The second-order valence-electron chi connectivity index (χ2n) is 6.45. The van der Waals surface area contributed by atoms with E-state index in [4.69, 9.17) is 34.8 Å². The standard InChI is InChI=1S/C18H17Cl3N4O3/c1-23-4-6-24(7-5-23)16-10-15(14(21)9-17(16)25(27)28)22-18(26)11-2-3-12(19)13(20)8-11/h2-3,8-10H,4-7H2,1H3,(H,22,26). The van der Waals surface area contributed by atoms with Gasteiger partial charge in [0.25, 0.3) is 11.6 Å². The van der Waals surface area contributed by atoms with E-state index in [0.717, 1.165) is 13.1 Å². The van der Waals surface area contributed by atoms with Gasteiger partial charge in [0.2, 0.25) is 0 Å². The van der Waals surface area contributed by atoms with Crippen molar-refractivity contribution in [3.8, 4) is 0 Å². The zero-order valence-electron chi connectivity index (χ0n) is 14.9. The van der Waals surface area contributed by atoms with E-state index in [1.165, 1.54) is 24.3 Å². The van der Waals surface area contributed by atoms with Gasteiger partial charge in [0.05, 0.1) is 25.7 Å². The Kier molecular flexibility index (Phi) is 6.30. The number of piperazine rings is 1. The van der Waals surface area contributed by atoms with Crippen molar-refractivity contribution in [1.29, 1.82) is 0 Å². The Morgan fingerprint density at radius 2 is 1.71 bits per heavy atom. The van der Waals surface area contributed by atoms with Gasteiger partial charge in [-0.25, -0.2) is 0 Å². The summed E-state index contributed by atoms with van der Waals surface area (Å²) in [5.41, 5.74) is 0.913. The lowest BCUT2D eigenvalue weighted by Gasteiger charge is -2.33. The van der Waals surface area contributed by atoms with Crippen LogP contribution in [-0.2, 0) is 0 Å². The normalized spacial score (nSPS) is 14.8. The highest BCUT2D eigenvalue weighted by atomic mass is 35.5. The van der Waals surface area contributed by atoms with Gasteiger partial charge in [-0.05, 0) is 31.3 Å². The summed E-state index contributed by atoms with van der Waals surface area (Å²) in [6.45, 7) is 2.84. The fourth-order valence-corrected chi connectivity index (χ4v) is 3.43. The molecule has 0 atom stereocenters. The molecule has 0 spiro atoms. The first-order valence-electron chi connectivity index (χ1n) is 8.44. The molecule has 0 unspecified atom stereocenters. The van der Waals surface area contributed by atoms with Crippen LogP contribution >= 0.6 is 34.8 Å². The van der Waals surface area contributed by atoms with Crippen molar-refractivity contribution < 1.29 is 9.72 Å². The van der Waals surface area contributed by atoms with Crippen molar-refractivity contribution >= 4 is 57.8 Å². The average Bonchev–Trinajstić information content (AvgIpc) is 2.65. The maximum atomic E-state index is 12.6. The van der Waals surface area contributed by atoms with Crippen LogP contribution in [0.4, 0.5) is 17.1 Å². The molecular formula is C18H17Cl3N4O3. The number of carbonyl (C=O) groups excluding carboxylic acids is 1. The fourth-order valence-electron chi connectivity index (χ4n) is 2.93. The molecule has 0 saturated carbocycles.